The molecule has 0 unspecified atom stereocenters. The van der Waals surface area contributed by atoms with Crippen molar-refractivity contribution in [3.8, 4) is 11.6 Å². The zero-order valence-corrected chi connectivity index (χ0v) is 11.9. The van der Waals surface area contributed by atoms with E-state index in [2.05, 4.69) is 20.9 Å². The molecule has 0 amide bonds. The highest BCUT2D eigenvalue weighted by atomic mass is 79.9. The Labute approximate surface area is 115 Å². The molecule has 0 N–H and O–H groups in total. The molecule has 94 valence electrons. The number of benzene rings is 1. The van der Waals surface area contributed by atoms with Crippen molar-refractivity contribution in [3.05, 3.63) is 52.1 Å². The molecule has 0 bridgehead atoms. The predicted octanol–water partition coefficient (Wildman–Crippen LogP) is 3.74. The number of halogens is 1. The number of rotatable bonds is 4. The van der Waals surface area contributed by atoms with Crippen LogP contribution >= 0.6 is 15.9 Å². The fraction of sp³-hybridized carbons (Fsp3) is 0.214. The number of nitrogens with zero attached hydrogens (tertiary/aromatic N) is 1. The Kier molecular flexibility index (Phi) is 4.20. The Morgan fingerprint density at radius 1 is 1.11 bits per heavy atom. The van der Waals surface area contributed by atoms with Crippen molar-refractivity contribution < 1.29 is 9.47 Å². The van der Waals surface area contributed by atoms with Crippen LogP contribution in [0.5, 0.6) is 11.6 Å². The van der Waals surface area contributed by atoms with Crippen LogP contribution in [0.2, 0.25) is 0 Å². The van der Waals surface area contributed by atoms with Crippen LogP contribution < -0.4 is 9.47 Å². The molecular weight excluding hydrogens is 294 g/mol. The minimum Gasteiger partial charge on any atom is -0.497 e. The zero-order chi connectivity index (χ0) is 13.0. The molecule has 0 aliphatic heterocycles. The van der Waals surface area contributed by atoms with Crippen LogP contribution in [0, 0.1) is 6.92 Å². The number of ether oxygens (including phenoxy) is 2. The third-order valence-electron chi connectivity index (χ3n) is 2.49. The summed E-state index contributed by atoms with van der Waals surface area (Å²) in [7, 11) is 1.65. The lowest BCUT2D eigenvalue weighted by Gasteiger charge is -2.08. The lowest BCUT2D eigenvalue weighted by Crippen LogP contribution is -1.99. The highest BCUT2D eigenvalue weighted by Crippen LogP contribution is 2.23. The normalized spacial score (nSPS) is 10.2. The maximum Gasteiger partial charge on any atom is 0.228 e. The van der Waals surface area contributed by atoms with Crippen molar-refractivity contribution in [2.45, 2.75) is 13.5 Å². The summed E-state index contributed by atoms with van der Waals surface area (Å²) in [6, 6.07) is 11.6. The molecule has 1 heterocycles. The topological polar surface area (TPSA) is 31.4 Å². The van der Waals surface area contributed by atoms with E-state index in [1.54, 1.807) is 7.11 Å². The number of aromatic nitrogens is 1. The van der Waals surface area contributed by atoms with Gasteiger partial charge in [-0.05, 0) is 52.7 Å². The zero-order valence-electron chi connectivity index (χ0n) is 10.3. The van der Waals surface area contributed by atoms with Crippen LogP contribution in [-0.4, -0.2) is 12.1 Å². The van der Waals surface area contributed by atoms with E-state index in [0.29, 0.717) is 12.5 Å². The van der Waals surface area contributed by atoms with E-state index in [-0.39, 0.29) is 0 Å². The maximum atomic E-state index is 5.68. The first-order chi connectivity index (χ1) is 8.69. The second kappa shape index (κ2) is 5.87. The summed E-state index contributed by atoms with van der Waals surface area (Å²) in [6.07, 6.45) is 0. The Balaban J connectivity index is 2.04. The molecule has 4 heteroatoms. The van der Waals surface area contributed by atoms with Crippen molar-refractivity contribution in [1.82, 2.24) is 4.98 Å². The number of methoxy groups -OCH3 is 1. The van der Waals surface area contributed by atoms with E-state index in [1.807, 2.05) is 43.3 Å². The van der Waals surface area contributed by atoms with Crippen molar-refractivity contribution in [2.75, 3.05) is 7.11 Å². The van der Waals surface area contributed by atoms with Gasteiger partial charge in [-0.15, -0.1) is 0 Å². The minimum absolute atomic E-state index is 0.485. The van der Waals surface area contributed by atoms with Gasteiger partial charge in [-0.2, -0.15) is 0 Å². The molecule has 0 aliphatic carbocycles. The standard InChI is InChI=1S/C14H14BrNO2/c1-10-3-8-13(15)14(16-10)18-9-11-4-6-12(17-2)7-5-11/h3-8H,9H2,1-2H3. The van der Waals surface area contributed by atoms with Crippen LogP contribution in [0.4, 0.5) is 0 Å². The molecule has 0 radical (unpaired) electrons. The summed E-state index contributed by atoms with van der Waals surface area (Å²) in [4.78, 5) is 4.33. The smallest absolute Gasteiger partial charge is 0.228 e. The van der Waals surface area contributed by atoms with Crippen molar-refractivity contribution in [1.29, 1.82) is 0 Å². The summed E-state index contributed by atoms with van der Waals surface area (Å²) in [5.74, 6) is 1.46. The average molecular weight is 308 g/mol. The van der Waals surface area contributed by atoms with Gasteiger partial charge in [0.25, 0.3) is 0 Å². The quantitative estimate of drug-likeness (QED) is 0.862. The van der Waals surface area contributed by atoms with E-state index in [4.69, 9.17) is 9.47 Å². The molecule has 1 aromatic heterocycles. The molecule has 0 saturated carbocycles. The van der Waals surface area contributed by atoms with Crippen molar-refractivity contribution >= 4 is 15.9 Å². The molecule has 0 saturated heterocycles. The summed E-state index contributed by atoms with van der Waals surface area (Å²) < 4.78 is 11.6. The number of hydrogen-bond acceptors (Lipinski definition) is 3. The first-order valence-corrected chi connectivity index (χ1v) is 6.37. The van der Waals surface area contributed by atoms with Gasteiger partial charge in [-0.1, -0.05) is 12.1 Å². The molecule has 2 rings (SSSR count). The molecule has 0 fully saturated rings. The second-order valence-corrected chi connectivity index (χ2v) is 4.73. The van der Waals surface area contributed by atoms with Crippen LogP contribution in [-0.2, 0) is 6.61 Å². The monoisotopic (exact) mass is 307 g/mol. The van der Waals surface area contributed by atoms with Crippen LogP contribution in [0.3, 0.4) is 0 Å². The summed E-state index contributed by atoms with van der Waals surface area (Å²) >= 11 is 3.42. The highest BCUT2D eigenvalue weighted by molar-refractivity contribution is 9.10. The Bertz CT molecular complexity index is 526. The summed E-state index contributed by atoms with van der Waals surface area (Å²) in [5, 5.41) is 0. The summed E-state index contributed by atoms with van der Waals surface area (Å²) in [6.45, 7) is 2.42. The van der Waals surface area contributed by atoms with Gasteiger partial charge in [0.1, 0.15) is 12.4 Å². The molecule has 0 spiro atoms. The lowest BCUT2D eigenvalue weighted by molar-refractivity contribution is 0.291. The van der Waals surface area contributed by atoms with Crippen LogP contribution in [0.1, 0.15) is 11.3 Å². The second-order valence-electron chi connectivity index (χ2n) is 3.88. The van der Waals surface area contributed by atoms with Gasteiger partial charge in [0, 0.05) is 5.69 Å². The summed E-state index contributed by atoms with van der Waals surface area (Å²) in [5.41, 5.74) is 2.01. The highest BCUT2D eigenvalue weighted by Gasteiger charge is 2.03. The molecule has 0 atom stereocenters. The van der Waals surface area contributed by atoms with Crippen molar-refractivity contribution in [3.63, 3.8) is 0 Å². The molecule has 1 aromatic carbocycles. The van der Waals surface area contributed by atoms with E-state index in [0.717, 1.165) is 21.5 Å². The SMILES string of the molecule is COc1ccc(COc2nc(C)ccc2Br)cc1. The van der Waals surface area contributed by atoms with Crippen LogP contribution in [0.15, 0.2) is 40.9 Å². The number of hydrogen-bond donors (Lipinski definition) is 0. The van der Waals surface area contributed by atoms with Gasteiger partial charge in [-0.25, -0.2) is 4.98 Å². The van der Waals surface area contributed by atoms with Gasteiger partial charge in [0.05, 0.1) is 11.6 Å². The van der Waals surface area contributed by atoms with Gasteiger partial charge in [0.15, 0.2) is 0 Å². The third-order valence-corrected chi connectivity index (χ3v) is 3.09. The van der Waals surface area contributed by atoms with E-state index in [9.17, 15) is 0 Å². The van der Waals surface area contributed by atoms with Crippen molar-refractivity contribution in [2.24, 2.45) is 0 Å². The first-order valence-electron chi connectivity index (χ1n) is 5.58. The van der Waals surface area contributed by atoms with E-state index >= 15 is 0 Å². The van der Waals surface area contributed by atoms with E-state index < -0.39 is 0 Å². The Morgan fingerprint density at radius 2 is 1.83 bits per heavy atom. The Hall–Kier alpha value is -1.55. The molecule has 0 aliphatic rings. The fourth-order valence-corrected chi connectivity index (χ4v) is 1.83. The first kappa shape index (κ1) is 12.9. The number of pyridine rings is 1. The van der Waals surface area contributed by atoms with Gasteiger partial charge >= 0.3 is 0 Å². The molecule has 18 heavy (non-hydrogen) atoms. The maximum absolute atomic E-state index is 5.68. The molecular formula is C14H14BrNO2. The lowest BCUT2D eigenvalue weighted by atomic mass is 10.2. The Morgan fingerprint density at radius 3 is 2.50 bits per heavy atom. The molecule has 3 nitrogen and oxygen atoms in total. The predicted molar refractivity (Wildman–Crippen MR) is 74.0 cm³/mol. The number of aryl methyl sites for hydroxylation is 1. The third kappa shape index (κ3) is 3.23. The largest absolute Gasteiger partial charge is 0.497 e. The fourth-order valence-electron chi connectivity index (χ4n) is 1.49. The van der Waals surface area contributed by atoms with Crippen LogP contribution in [0.25, 0.3) is 0 Å². The van der Waals surface area contributed by atoms with Gasteiger partial charge in [-0.3, -0.25) is 0 Å². The molecule has 2 aromatic rings. The average Bonchev–Trinajstić information content (AvgIpc) is 2.40. The van der Waals surface area contributed by atoms with Gasteiger partial charge in [0.2, 0.25) is 5.88 Å². The van der Waals surface area contributed by atoms with E-state index in [1.165, 1.54) is 0 Å². The minimum atomic E-state index is 0.485. The van der Waals surface area contributed by atoms with Gasteiger partial charge < -0.3 is 9.47 Å².